The number of hydrogen-bond donors (Lipinski definition) is 4. The molecule has 0 fully saturated rings. The summed E-state index contributed by atoms with van der Waals surface area (Å²) in [5.74, 6) is -5.31. The quantitative estimate of drug-likeness (QED) is 0.0786. The van der Waals surface area contributed by atoms with Crippen molar-refractivity contribution in [1.29, 1.82) is 0 Å². The van der Waals surface area contributed by atoms with Crippen LogP contribution in [0.4, 0.5) is 9.59 Å². The topological polar surface area (TPSA) is 204 Å². The number of rotatable bonds is 13. The lowest BCUT2D eigenvalue weighted by molar-refractivity contribution is -0.139. The molecule has 0 aromatic heterocycles. The van der Waals surface area contributed by atoms with Crippen molar-refractivity contribution in [2.24, 2.45) is 0 Å². The number of aromatic carboxylic acids is 2. The van der Waals surface area contributed by atoms with Gasteiger partial charge in [0.1, 0.15) is 24.3 Å². The number of esters is 2. The minimum Gasteiger partial charge on any atom is -0.478 e. The molecule has 0 bridgehead atoms. The Labute approximate surface area is 284 Å². The monoisotopic (exact) mass is 684 g/mol. The zero-order chi connectivity index (χ0) is 36.5. The minimum absolute atomic E-state index is 0.0677. The highest BCUT2D eigenvalue weighted by Crippen LogP contribution is 2.48. The Kier molecular flexibility index (Phi) is 11.5. The van der Waals surface area contributed by atoms with E-state index in [0.717, 1.165) is 0 Å². The van der Waals surface area contributed by atoms with Gasteiger partial charge in [-0.15, -0.1) is 0 Å². The van der Waals surface area contributed by atoms with Crippen LogP contribution in [0.1, 0.15) is 34.6 Å². The van der Waals surface area contributed by atoms with Gasteiger partial charge in [0.2, 0.25) is 0 Å². The van der Waals surface area contributed by atoms with Gasteiger partial charge in [0, 0.05) is 22.3 Å². The molecule has 0 radical (unpaired) electrons. The first-order valence-corrected chi connectivity index (χ1v) is 14.9. The fraction of sp³-hybridized carbons (Fsp3) is 0.167. The predicted octanol–water partition coefficient (Wildman–Crippen LogP) is 5.47. The van der Waals surface area contributed by atoms with Gasteiger partial charge < -0.3 is 39.8 Å². The third-order valence-corrected chi connectivity index (χ3v) is 7.01. The summed E-state index contributed by atoms with van der Waals surface area (Å²) in [5.41, 5.74) is -0.783. The summed E-state index contributed by atoms with van der Waals surface area (Å²) in [6, 6.07) is 15.5. The Bertz CT molecular complexity index is 1920. The highest BCUT2D eigenvalue weighted by molar-refractivity contribution is 6.16. The number of carbonyl (C=O) groups excluding carboxylic acids is 4. The van der Waals surface area contributed by atoms with Gasteiger partial charge in [-0.3, -0.25) is 0 Å². The maximum Gasteiger partial charge on any atom is 0.412 e. The van der Waals surface area contributed by atoms with Crippen molar-refractivity contribution in [2.45, 2.75) is 13.8 Å². The van der Waals surface area contributed by atoms with E-state index in [0.29, 0.717) is 21.5 Å². The minimum atomic E-state index is -1.49. The van der Waals surface area contributed by atoms with Crippen molar-refractivity contribution in [1.82, 2.24) is 10.6 Å². The molecular formula is C36H32N2O12. The molecule has 50 heavy (non-hydrogen) atoms. The van der Waals surface area contributed by atoms with E-state index in [-0.39, 0.29) is 48.6 Å². The number of carbonyl (C=O) groups is 6. The van der Waals surface area contributed by atoms with Crippen molar-refractivity contribution in [3.8, 4) is 22.6 Å². The van der Waals surface area contributed by atoms with Gasteiger partial charge in [-0.25, -0.2) is 28.8 Å². The molecule has 0 unspecified atom stereocenters. The SMILES string of the molecule is C=C(C)C(=O)OCCNC(=O)Oc1c(C(=O)O)cc2ccccc2c1-c1c(OC(=O)NCCOC(=O)C(=C)C)c(C(=O)O)cc2ccccc12. The Morgan fingerprint density at radius 1 is 0.620 bits per heavy atom. The molecule has 0 saturated carbocycles. The average molecular weight is 685 g/mol. The van der Waals surface area contributed by atoms with Crippen LogP contribution in [0.5, 0.6) is 11.5 Å². The smallest absolute Gasteiger partial charge is 0.412 e. The van der Waals surface area contributed by atoms with Crippen molar-refractivity contribution in [3.05, 3.63) is 96.1 Å². The summed E-state index contributed by atoms with van der Waals surface area (Å²) in [7, 11) is 0. The fourth-order valence-electron chi connectivity index (χ4n) is 4.78. The Hall–Kier alpha value is -6.70. The van der Waals surface area contributed by atoms with E-state index in [1.165, 1.54) is 26.0 Å². The zero-order valence-corrected chi connectivity index (χ0v) is 27.0. The van der Waals surface area contributed by atoms with Crippen LogP contribution in [-0.4, -0.2) is 72.6 Å². The van der Waals surface area contributed by atoms with Gasteiger partial charge >= 0.3 is 36.1 Å². The molecule has 0 heterocycles. The second-order valence-corrected chi connectivity index (χ2v) is 10.8. The number of amides is 2. The molecule has 0 atom stereocenters. The molecule has 0 aliphatic heterocycles. The van der Waals surface area contributed by atoms with Gasteiger partial charge in [-0.2, -0.15) is 0 Å². The summed E-state index contributed by atoms with van der Waals surface area (Å²) in [4.78, 5) is 74.9. The van der Waals surface area contributed by atoms with E-state index in [9.17, 15) is 39.0 Å². The molecule has 2 amide bonds. The van der Waals surface area contributed by atoms with Crippen molar-refractivity contribution in [3.63, 3.8) is 0 Å². The molecule has 14 nitrogen and oxygen atoms in total. The first-order chi connectivity index (χ1) is 23.8. The Morgan fingerprint density at radius 2 is 0.980 bits per heavy atom. The molecule has 0 aliphatic rings. The number of benzene rings is 4. The third-order valence-electron chi connectivity index (χ3n) is 7.01. The van der Waals surface area contributed by atoms with E-state index in [1.54, 1.807) is 48.5 Å². The maximum atomic E-state index is 13.1. The fourth-order valence-corrected chi connectivity index (χ4v) is 4.78. The van der Waals surface area contributed by atoms with Crippen molar-refractivity contribution < 1.29 is 57.9 Å². The zero-order valence-electron chi connectivity index (χ0n) is 27.0. The summed E-state index contributed by atoms with van der Waals surface area (Å²) in [6.45, 7) is 8.93. The standard InChI is InChI=1S/C36H32N2O12/c1-19(2)33(43)47-15-13-37-35(45)49-29-25(31(39)40)17-21-9-5-7-11-23(21)27(29)28-24-12-8-6-10-22(24)18-26(32(41)42)30(28)50-36(46)38-14-16-48-34(44)20(3)4/h5-12,17-18H,1,3,13-16H2,2,4H3,(H,37,45)(H,38,46)(H,39,40)(H,41,42). The Morgan fingerprint density at radius 3 is 1.32 bits per heavy atom. The molecule has 0 spiro atoms. The van der Waals surface area contributed by atoms with E-state index in [4.69, 9.17) is 18.9 Å². The van der Waals surface area contributed by atoms with E-state index < -0.39 is 58.7 Å². The number of ether oxygens (including phenoxy) is 4. The van der Waals surface area contributed by atoms with Gasteiger partial charge in [-0.05, 0) is 47.5 Å². The molecule has 258 valence electrons. The number of carboxylic acid groups (broad SMARTS) is 2. The summed E-state index contributed by atoms with van der Waals surface area (Å²) in [6.07, 6.45) is -2.25. The first-order valence-electron chi connectivity index (χ1n) is 14.9. The highest BCUT2D eigenvalue weighted by atomic mass is 16.6. The first kappa shape index (κ1) is 36.1. The molecule has 4 aromatic rings. The summed E-state index contributed by atoms with van der Waals surface area (Å²) >= 11 is 0. The molecular weight excluding hydrogens is 652 g/mol. The summed E-state index contributed by atoms with van der Waals surface area (Å²) < 4.78 is 21.2. The Balaban J connectivity index is 1.89. The molecule has 14 heteroatoms. The highest BCUT2D eigenvalue weighted by Gasteiger charge is 2.30. The molecule has 4 aromatic carbocycles. The van der Waals surface area contributed by atoms with E-state index in [1.807, 2.05) is 0 Å². The van der Waals surface area contributed by atoms with Gasteiger partial charge in [0.25, 0.3) is 0 Å². The van der Waals surface area contributed by atoms with Crippen molar-refractivity contribution >= 4 is 57.6 Å². The van der Waals surface area contributed by atoms with E-state index in [2.05, 4.69) is 23.8 Å². The average Bonchev–Trinajstić information content (AvgIpc) is 3.07. The van der Waals surface area contributed by atoms with Crippen LogP contribution in [-0.2, 0) is 19.1 Å². The van der Waals surface area contributed by atoms with Gasteiger partial charge in [-0.1, -0.05) is 61.7 Å². The molecule has 4 N–H and O–H groups in total. The van der Waals surface area contributed by atoms with Crippen LogP contribution >= 0.6 is 0 Å². The van der Waals surface area contributed by atoms with Crippen LogP contribution in [0.2, 0.25) is 0 Å². The number of fused-ring (bicyclic) bond motifs is 2. The van der Waals surface area contributed by atoms with Crippen LogP contribution < -0.4 is 20.1 Å². The van der Waals surface area contributed by atoms with Crippen molar-refractivity contribution in [2.75, 3.05) is 26.3 Å². The van der Waals surface area contributed by atoms with E-state index >= 15 is 0 Å². The predicted molar refractivity (Wildman–Crippen MR) is 180 cm³/mol. The number of nitrogens with one attached hydrogen (secondary N) is 2. The largest absolute Gasteiger partial charge is 0.478 e. The van der Waals surface area contributed by atoms with Gasteiger partial charge in [0.15, 0.2) is 11.5 Å². The number of hydrogen-bond acceptors (Lipinski definition) is 10. The molecule has 4 rings (SSSR count). The second kappa shape index (κ2) is 15.9. The summed E-state index contributed by atoms with van der Waals surface area (Å²) in [5, 5.41) is 26.7. The van der Waals surface area contributed by atoms with Crippen LogP contribution in [0, 0.1) is 0 Å². The van der Waals surface area contributed by atoms with Crippen LogP contribution in [0.3, 0.4) is 0 Å². The lowest BCUT2D eigenvalue weighted by atomic mass is 9.88. The van der Waals surface area contributed by atoms with Crippen LogP contribution in [0.25, 0.3) is 32.7 Å². The maximum absolute atomic E-state index is 13.1. The molecule has 0 aliphatic carbocycles. The normalized spacial score (nSPS) is 10.5. The second-order valence-electron chi connectivity index (χ2n) is 10.8. The lowest BCUT2D eigenvalue weighted by Crippen LogP contribution is -2.31. The van der Waals surface area contributed by atoms with Crippen LogP contribution in [0.15, 0.2) is 85.0 Å². The number of carboxylic acids is 2. The molecule has 0 saturated heterocycles. The third kappa shape index (κ3) is 8.41. The lowest BCUT2D eigenvalue weighted by Gasteiger charge is -2.21. The van der Waals surface area contributed by atoms with Gasteiger partial charge in [0.05, 0.1) is 13.1 Å².